The molecule has 78 valence electrons. The Morgan fingerprint density at radius 2 is 1.86 bits per heavy atom. The fourth-order valence-electron chi connectivity index (χ4n) is 1.38. The zero-order chi connectivity index (χ0) is 10.6. The highest BCUT2D eigenvalue weighted by atomic mass is 16.3. The van der Waals surface area contributed by atoms with Crippen molar-refractivity contribution in [3.05, 3.63) is 35.9 Å². The van der Waals surface area contributed by atoms with Crippen LogP contribution in [0.25, 0.3) is 0 Å². The van der Waals surface area contributed by atoms with Crippen LogP contribution in [-0.4, -0.2) is 17.7 Å². The van der Waals surface area contributed by atoms with E-state index in [4.69, 9.17) is 0 Å². The van der Waals surface area contributed by atoms with Gasteiger partial charge < -0.3 is 10.4 Å². The third-order valence-electron chi connectivity index (χ3n) is 2.38. The lowest BCUT2D eigenvalue weighted by Crippen LogP contribution is -2.91. The molecule has 2 heteroatoms. The minimum absolute atomic E-state index is 0.519. The van der Waals surface area contributed by atoms with Crippen LogP contribution in [0.4, 0.5) is 0 Å². The molecule has 0 saturated heterocycles. The van der Waals surface area contributed by atoms with Crippen molar-refractivity contribution in [3.63, 3.8) is 0 Å². The summed E-state index contributed by atoms with van der Waals surface area (Å²) in [6.45, 7) is 6.82. The molecule has 0 aliphatic rings. The first-order valence-electron chi connectivity index (χ1n) is 5.13. The first-order chi connectivity index (χ1) is 6.52. The van der Waals surface area contributed by atoms with E-state index in [9.17, 15) is 5.11 Å². The SMILES string of the molecule is CC(C)[NH2+]C[C@](C)(O)c1ccccc1. The molecule has 1 aromatic carbocycles. The molecule has 1 aromatic rings. The third-order valence-corrected chi connectivity index (χ3v) is 2.38. The van der Waals surface area contributed by atoms with E-state index in [2.05, 4.69) is 19.2 Å². The molecule has 2 nitrogen and oxygen atoms in total. The Hall–Kier alpha value is -0.860. The van der Waals surface area contributed by atoms with E-state index < -0.39 is 5.60 Å². The summed E-state index contributed by atoms with van der Waals surface area (Å²) in [5, 5.41) is 12.3. The molecule has 14 heavy (non-hydrogen) atoms. The average molecular weight is 194 g/mol. The van der Waals surface area contributed by atoms with E-state index in [0.29, 0.717) is 12.6 Å². The minimum atomic E-state index is -0.731. The summed E-state index contributed by atoms with van der Waals surface area (Å²) < 4.78 is 0. The highest BCUT2D eigenvalue weighted by molar-refractivity contribution is 5.21. The van der Waals surface area contributed by atoms with E-state index in [1.165, 1.54) is 0 Å². The molecule has 0 saturated carbocycles. The summed E-state index contributed by atoms with van der Waals surface area (Å²) in [7, 11) is 0. The van der Waals surface area contributed by atoms with E-state index >= 15 is 0 Å². The van der Waals surface area contributed by atoms with Crippen molar-refractivity contribution < 1.29 is 10.4 Å². The summed E-state index contributed by atoms with van der Waals surface area (Å²) in [5.74, 6) is 0. The van der Waals surface area contributed by atoms with Crippen LogP contribution >= 0.6 is 0 Å². The second-order valence-corrected chi connectivity index (χ2v) is 4.32. The van der Waals surface area contributed by atoms with Crippen molar-refractivity contribution >= 4 is 0 Å². The molecule has 0 unspecified atom stereocenters. The monoisotopic (exact) mass is 194 g/mol. The van der Waals surface area contributed by atoms with Crippen molar-refractivity contribution in [2.45, 2.75) is 32.4 Å². The maximum atomic E-state index is 10.2. The fraction of sp³-hybridized carbons (Fsp3) is 0.500. The lowest BCUT2D eigenvalue weighted by Gasteiger charge is -2.22. The van der Waals surface area contributed by atoms with Crippen molar-refractivity contribution in [3.8, 4) is 0 Å². The maximum Gasteiger partial charge on any atom is 0.135 e. The second kappa shape index (κ2) is 4.58. The van der Waals surface area contributed by atoms with Gasteiger partial charge in [-0.25, -0.2) is 0 Å². The van der Waals surface area contributed by atoms with E-state index in [-0.39, 0.29) is 0 Å². The molecule has 1 rings (SSSR count). The number of rotatable bonds is 4. The summed E-state index contributed by atoms with van der Waals surface area (Å²) >= 11 is 0. The molecular formula is C12H20NO+. The highest BCUT2D eigenvalue weighted by Gasteiger charge is 2.25. The highest BCUT2D eigenvalue weighted by Crippen LogP contribution is 2.17. The molecule has 3 N–H and O–H groups in total. The zero-order valence-electron chi connectivity index (χ0n) is 9.20. The summed E-state index contributed by atoms with van der Waals surface area (Å²) in [6.07, 6.45) is 0. The summed E-state index contributed by atoms with van der Waals surface area (Å²) in [6, 6.07) is 10.3. The van der Waals surface area contributed by atoms with Crippen molar-refractivity contribution in [1.29, 1.82) is 0 Å². The Morgan fingerprint density at radius 1 is 1.29 bits per heavy atom. The van der Waals surface area contributed by atoms with Crippen LogP contribution in [0.5, 0.6) is 0 Å². The Bertz CT molecular complexity index is 267. The maximum absolute atomic E-state index is 10.2. The zero-order valence-corrected chi connectivity index (χ0v) is 9.20. The molecule has 0 radical (unpaired) electrons. The van der Waals surface area contributed by atoms with Crippen LogP contribution in [0, 0.1) is 0 Å². The van der Waals surface area contributed by atoms with Gasteiger partial charge in [0.15, 0.2) is 0 Å². The second-order valence-electron chi connectivity index (χ2n) is 4.32. The molecule has 0 aromatic heterocycles. The Morgan fingerprint density at radius 3 is 2.36 bits per heavy atom. The van der Waals surface area contributed by atoms with Gasteiger partial charge in [0, 0.05) is 0 Å². The minimum Gasteiger partial charge on any atom is -0.380 e. The predicted octanol–water partition coefficient (Wildman–Crippen LogP) is 0.866. The van der Waals surface area contributed by atoms with Gasteiger partial charge in [-0.2, -0.15) is 0 Å². The number of quaternary nitrogens is 1. The van der Waals surface area contributed by atoms with E-state index in [0.717, 1.165) is 5.56 Å². The summed E-state index contributed by atoms with van der Waals surface area (Å²) in [5.41, 5.74) is 0.253. The molecular weight excluding hydrogens is 174 g/mol. The van der Waals surface area contributed by atoms with E-state index in [1.54, 1.807) is 0 Å². The number of hydrogen-bond donors (Lipinski definition) is 2. The van der Waals surface area contributed by atoms with Gasteiger partial charge >= 0.3 is 0 Å². The molecule has 0 aliphatic carbocycles. The first kappa shape index (κ1) is 11.2. The number of nitrogens with two attached hydrogens (primary N) is 1. The molecule has 0 bridgehead atoms. The number of aliphatic hydroxyl groups is 1. The largest absolute Gasteiger partial charge is 0.380 e. The quantitative estimate of drug-likeness (QED) is 0.733. The van der Waals surface area contributed by atoms with Crippen molar-refractivity contribution in [2.24, 2.45) is 0 Å². The van der Waals surface area contributed by atoms with Gasteiger partial charge in [-0.05, 0) is 26.3 Å². The van der Waals surface area contributed by atoms with Gasteiger partial charge in [0.2, 0.25) is 0 Å². The average Bonchev–Trinajstić information content (AvgIpc) is 2.16. The molecule has 0 fully saturated rings. The molecule has 0 amide bonds. The van der Waals surface area contributed by atoms with E-state index in [1.807, 2.05) is 37.3 Å². The van der Waals surface area contributed by atoms with Gasteiger partial charge in [0.05, 0.1) is 6.04 Å². The van der Waals surface area contributed by atoms with Gasteiger partial charge in [-0.1, -0.05) is 30.3 Å². The smallest absolute Gasteiger partial charge is 0.135 e. The number of hydrogen-bond acceptors (Lipinski definition) is 1. The van der Waals surface area contributed by atoms with Crippen LogP contribution in [0.2, 0.25) is 0 Å². The predicted molar refractivity (Wildman–Crippen MR) is 57.9 cm³/mol. The van der Waals surface area contributed by atoms with Crippen molar-refractivity contribution in [2.75, 3.05) is 6.54 Å². The van der Waals surface area contributed by atoms with Gasteiger partial charge in [-0.3, -0.25) is 0 Å². The Balaban J connectivity index is 2.66. The van der Waals surface area contributed by atoms with Gasteiger partial charge in [0.1, 0.15) is 12.1 Å². The molecule has 1 atom stereocenters. The van der Waals surface area contributed by atoms with Crippen LogP contribution in [-0.2, 0) is 5.60 Å². The van der Waals surface area contributed by atoms with Crippen LogP contribution in [0.3, 0.4) is 0 Å². The van der Waals surface area contributed by atoms with Crippen molar-refractivity contribution in [1.82, 2.24) is 0 Å². The Kier molecular flexibility index (Phi) is 3.67. The lowest BCUT2D eigenvalue weighted by atomic mass is 9.96. The van der Waals surface area contributed by atoms with Crippen LogP contribution in [0.1, 0.15) is 26.3 Å². The normalized spacial score (nSPS) is 15.5. The standard InChI is InChI=1S/C12H19NO/c1-10(2)13-9-12(3,14)11-7-5-4-6-8-11/h4-8,10,13-14H,9H2,1-3H3/p+1/t12-/m0/s1. The lowest BCUT2D eigenvalue weighted by molar-refractivity contribution is -0.695. The molecule has 0 heterocycles. The summed E-state index contributed by atoms with van der Waals surface area (Å²) in [4.78, 5) is 0. The topological polar surface area (TPSA) is 36.8 Å². The van der Waals surface area contributed by atoms with Gasteiger partial charge in [0.25, 0.3) is 0 Å². The third kappa shape index (κ3) is 3.13. The van der Waals surface area contributed by atoms with Gasteiger partial charge in [-0.15, -0.1) is 0 Å². The Labute approximate surface area is 86.0 Å². The first-order valence-corrected chi connectivity index (χ1v) is 5.13. The van der Waals surface area contributed by atoms with Crippen LogP contribution in [0.15, 0.2) is 30.3 Å². The van der Waals surface area contributed by atoms with Crippen LogP contribution < -0.4 is 5.32 Å². The molecule has 0 aliphatic heterocycles. The number of benzene rings is 1. The molecule has 0 spiro atoms. The fourth-order valence-corrected chi connectivity index (χ4v) is 1.38.